The molecule has 3 aromatic carbocycles. The number of amidine groups is 1. The Labute approximate surface area is 284 Å². The lowest BCUT2D eigenvalue weighted by molar-refractivity contribution is -0.154. The van der Waals surface area contributed by atoms with Crippen LogP contribution in [-0.2, 0) is 31.3 Å². The average Bonchev–Trinajstić information content (AvgIpc) is 3.69. The maximum Gasteiger partial charge on any atom is 0.412 e. The number of para-hydroxylation sites is 2. The highest BCUT2D eigenvalue weighted by atomic mass is 16.6. The number of nitrogens with one attached hydrogen (secondary N) is 1. The van der Waals surface area contributed by atoms with E-state index >= 15 is 0 Å². The first-order valence-electron chi connectivity index (χ1n) is 16.8. The number of nitrogens with zero attached hydrogens (tertiary/aromatic N) is 4. The van der Waals surface area contributed by atoms with E-state index in [2.05, 4.69) is 10.2 Å². The lowest BCUT2D eigenvalue weighted by atomic mass is 9.88. The smallest absolute Gasteiger partial charge is 0.412 e. The Kier molecular flexibility index (Phi) is 8.57. The van der Waals surface area contributed by atoms with Gasteiger partial charge in [0.1, 0.15) is 24.5 Å². The minimum atomic E-state index is -1.44. The summed E-state index contributed by atoms with van der Waals surface area (Å²) in [7, 11) is 0. The molecule has 0 radical (unpaired) electrons. The molecule has 1 spiro atoms. The number of likely N-dealkylation sites (tertiary alicyclic amines) is 1. The Morgan fingerprint density at radius 3 is 2.45 bits per heavy atom. The van der Waals surface area contributed by atoms with E-state index in [-0.39, 0.29) is 30.5 Å². The number of hydrogen-bond acceptors (Lipinski definition) is 8. The van der Waals surface area contributed by atoms with Crippen molar-refractivity contribution in [2.75, 3.05) is 18.0 Å². The van der Waals surface area contributed by atoms with Crippen molar-refractivity contribution in [1.29, 1.82) is 0 Å². The molecule has 3 amide bonds. The number of fused-ring (bicyclic) bond motifs is 5. The van der Waals surface area contributed by atoms with E-state index in [9.17, 15) is 19.2 Å². The number of aliphatic imine (C=N–C) groups is 1. The number of nitrogens with two attached hydrogens (primary N) is 1. The maximum absolute atomic E-state index is 13.9. The predicted octanol–water partition coefficient (Wildman–Crippen LogP) is 4.20. The molecular weight excluding hydrogens is 624 g/mol. The largest absolute Gasteiger partial charge is 0.448 e. The molecule has 3 saturated heterocycles. The summed E-state index contributed by atoms with van der Waals surface area (Å²) in [6.45, 7) is 5.22. The van der Waals surface area contributed by atoms with E-state index < -0.39 is 41.8 Å². The Bertz CT molecular complexity index is 1810. The van der Waals surface area contributed by atoms with Gasteiger partial charge in [-0.25, -0.2) is 14.6 Å². The molecule has 49 heavy (non-hydrogen) atoms. The lowest BCUT2D eigenvalue weighted by Gasteiger charge is -2.35. The maximum atomic E-state index is 13.9. The Hall–Kier alpha value is -5.23. The molecule has 0 aromatic heterocycles. The van der Waals surface area contributed by atoms with Gasteiger partial charge < -0.3 is 25.4 Å². The molecule has 0 bridgehead atoms. The number of carbonyl (C=O) groups excluding carboxylic acids is 4. The third-order valence-corrected chi connectivity index (χ3v) is 9.82. The van der Waals surface area contributed by atoms with Gasteiger partial charge in [0, 0.05) is 25.1 Å². The summed E-state index contributed by atoms with van der Waals surface area (Å²) in [6.07, 6.45) is 1.53. The van der Waals surface area contributed by atoms with Gasteiger partial charge in [-0.15, -0.1) is 0 Å². The van der Waals surface area contributed by atoms with Crippen LogP contribution in [0.1, 0.15) is 61.0 Å². The summed E-state index contributed by atoms with van der Waals surface area (Å²) in [4.78, 5) is 64.9. The van der Waals surface area contributed by atoms with E-state index in [1.54, 1.807) is 55.5 Å². The molecule has 3 N–H and O–H groups in total. The quantitative estimate of drug-likeness (QED) is 0.227. The molecule has 0 unspecified atom stereocenters. The molecule has 0 saturated carbocycles. The first-order chi connectivity index (χ1) is 23.7. The van der Waals surface area contributed by atoms with Crippen molar-refractivity contribution in [3.05, 3.63) is 95.6 Å². The average molecular weight is 665 g/mol. The van der Waals surface area contributed by atoms with Crippen LogP contribution in [-0.4, -0.2) is 76.9 Å². The van der Waals surface area contributed by atoms with Crippen molar-refractivity contribution in [1.82, 2.24) is 15.1 Å². The molecule has 3 fully saturated rings. The number of rotatable bonds is 6. The summed E-state index contributed by atoms with van der Waals surface area (Å²) in [5.74, 6) is -0.777. The summed E-state index contributed by atoms with van der Waals surface area (Å²) >= 11 is 0. The number of benzene rings is 3. The highest BCUT2D eigenvalue weighted by Crippen LogP contribution is 2.55. The fraction of sp³-hybridized carbons (Fsp3) is 0.378. The summed E-state index contributed by atoms with van der Waals surface area (Å²) in [5, 5.41) is 2.88. The molecule has 12 nitrogen and oxygen atoms in total. The minimum absolute atomic E-state index is 0.00647. The van der Waals surface area contributed by atoms with Gasteiger partial charge in [-0.05, 0) is 56.9 Å². The molecule has 254 valence electrons. The molecule has 3 aromatic rings. The first kappa shape index (κ1) is 32.3. The number of anilines is 1. The van der Waals surface area contributed by atoms with Gasteiger partial charge in [0.05, 0.1) is 23.0 Å². The van der Waals surface area contributed by atoms with Gasteiger partial charge >= 0.3 is 12.1 Å². The van der Waals surface area contributed by atoms with Crippen LogP contribution in [0.25, 0.3) is 0 Å². The van der Waals surface area contributed by atoms with Gasteiger partial charge in [-0.2, -0.15) is 0 Å². The molecule has 12 heteroatoms. The SMILES string of the molecule is C[C@H](N)C(=Nc1ccccc1C(=O)N[C@@H]1C[C@]2(OC1=O)c1ccccc1N1C(=O)[C@H](C)N(C(=O)OCc3ccccc3)[C@@H]12)N1CCCCC1. The van der Waals surface area contributed by atoms with Crippen molar-refractivity contribution < 1.29 is 28.7 Å². The van der Waals surface area contributed by atoms with Crippen LogP contribution in [0.15, 0.2) is 83.9 Å². The fourth-order valence-electron chi connectivity index (χ4n) is 7.51. The normalized spacial score (nSPS) is 25.2. The highest BCUT2D eigenvalue weighted by Gasteiger charge is 2.68. The monoisotopic (exact) mass is 664 g/mol. The molecular formula is C37H40N6O6. The molecule has 0 aliphatic carbocycles. The van der Waals surface area contributed by atoms with E-state index in [1.807, 2.05) is 37.3 Å². The number of piperidine rings is 1. The Morgan fingerprint density at radius 2 is 1.69 bits per heavy atom. The molecule has 5 atom stereocenters. The van der Waals surface area contributed by atoms with E-state index in [0.717, 1.165) is 37.9 Å². The molecule has 7 rings (SSSR count). The van der Waals surface area contributed by atoms with Crippen LogP contribution < -0.4 is 16.0 Å². The predicted molar refractivity (Wildman–Crippen MR) is 182 cm³/mol. The van der Waals surface area contributed by atoms with Crippen LogP contribution in [0.2, 0.25) is 0 Å². The van der Waals surface area contributed by atoms with Crippen molar-refractivity contribution >= 4 is 41.1 Å². The zero-order chi connectivity index (χ0) is 34.3. The number of ether oxygens (including phenoxy) is 2. The Morgan fingerprint density at radius 1 is 1.00 bits per heavy atom. The van der Waals surface area contributed by atoms with E-state index in [1.165, 1.54) is 9.80 Å². The second-order valence-electron chi connectivity index (χ2n) is 13.1. The second kappa shape index (κ2) is 13.0. The van der Waals surface area contributed by atoms with Gasteiger partial charge in [0.25, 0.3) is 11.8 Å². The van der Waals surface area contributed by atoms with Gasteiger partial charge in [0.15, 0.2) is 11.8 Å². The number of esters is 1. The first-order valence-corrected chi connectivity index (χ1v) is 16.8. The highest BCUT2D eigenvalue weighted by molar-refractivity contribution is 6.06. The van der Waals surface area contributed by atoms with Crippen molar-refractivity contribution in [3.63, 3.8) is 0 Å². The third-order valence-electron chi connectivity index (χ3n) is 9.82. The molecule has 4 aliphatic rings. The van der Waals surface area contributed by atoms with Crippen molar-refractivity contribution in [3.8, 4) is 0 Å². The molecule has 4 heterocycles. The zero-order valence-electron chi connectivity index (χ0n) is 27.6. The minimum Gasteiger partial charge on any atom is -0.448 e. The van der Waals surface area contributed by atoms with Crippen molar-refractivity contribution in [2.45, 2.75) is 76.0 Å². The lowest BCUT2D eigenvalue weighted by Crippen LogP contribution is -2.53. The number of carbonyl (C=O) groups is 4. The second-order valence-corrected chi connectivity index (χ2v) is 13.1. The third kappa shape index (κ3) is 5.69. The van der Waals surface area contributed by atoms with Crippen LogP contribution in [0.3, 0.4) is 0 Å². The van der Waals surface area contributed by atoms with Crippen molar-refractivity contribution in [2.24, 2.45) is 10.7 Å². The standard InChI is InChI=1S/C37H40N6O6/c1-23(38)31(41-19-11-4-12-20-41)39-28-17-9-7-15-26(28)32(44)40-29-21-37(49-34(29)46)27-16-8-10-18-30(27)43-33(45)24(2)42(35(37)43)36(47)48-22-25-13-5-3-6-14-25/h3,5-10,13-18,23-24,29,35H,4,11-12,19-22,38H2,1-2H3,(H,40,44)/t23-,24-,29+,35-,37-/m0/s1. The molecule has 4 aliphatic heterocycles. The van der Waals surface area contributed by atoms with Gasteiger partial charge in [-0.3, -0.25) is 19.4 Å². The van der Waals surface area contributed by atoms with E-state index in [4.69, 9.17) is 20.2 Å². The van der Waals surface area contributed by atoms with Crippen LogP contribution in [0.4, 0.5) is 16.2 Å². The Balaban J connectivity index is 1.17. The van der Waals surface area contributed by atoms with Crippen LogP contribution in [0.5, 0.6) is 0 Å². The zero-order valence-corrected chi connectivity index (χ0v) is 27.6. The fourth-order valence-corrected chi connectivity index (χ4v) is 7.51. The van der Waals surface area contributed by atoms with Crippen LogP contribution in [0, 0.1) is 0 Å². The number of hydrogen-bond donors (Lipinski definition) is 2. The summed E-state index contributed by atoms with van der Waals surface area (Å²) in [5.41, 5.74) is 7.55. The van der Waals surface area contributed by atoms with Gasteiger partial charge in [-0.1, -0.05) is 60.7 Å². The van der Waals surface area contributed by atoms with Crippen LogP contribution >= 0.6 is 0 Å². The number of amides is 3. The topological polar surface area (TPSA) is 147 Å². The summed E-state index contributed by atoms with van der Waals surface area (Å²) in [6, 6.07) is 21.0. The van der Waals surface area contributed by atoms with E-state index in [0.29, 0.717) is 22.8 Å². The summed E-state index contributed by atoms with van der Waals surface area (Å²) < 4.78 is 11.9. The van der Waals surface area contributed by atoms with Gasteiger partial charge in [0.2, 0.25) is 0 Å².